The van der Waals surface area contributed by atoms with Crippen LogP contribution in [-0.2, 0) is 24.2 Å². The topological polar surface area (TPSA) is 46.9 Å². The number of aryl methyl sites for hydroxylation is 2. The van der Waals surface area contributed by atoms with E-state index in [-0.39, 0.29) is 11.4 Å². The zero-order valence-corrected chi connectivity index (χ0v) is 11.5. The normalized spacial score (nSPS) is 11.6. The number of hydrogen-bond donors (Lipinski definition) is 1. The summed E-state index contributed by atoms with van der Waals surface area (Å²) >= 11 is 0. The molecule has 0 aliphatic heterocycles. The third kappa shape index (κ3) is 4.21. The van der Waals surface area contributed by atoms with E-state index >= 15 is 0 Å². The second kappa shape index (κ2) is 5.34. The Kier molecular flexibility index (Phi) is 4.32. The van der Waals surface area contributed by atoms with Crippen LogP contribution >= 0.6 is 0 Å². The molecule has 0 spiro atoms. The van der Waals surface area contributed by atoms with Crippen molar-refractivity contribution in [3.05, 3.63) is 17.5 Å². The Bertz CT molecular complexity index is 388. The van der Waals surface area contributed by atoms with E-state index in [1.54, 1.807) is 4.68 Å². The van der Waals surface area contributed by atoms with Gasteiger partial charge in [-0.15, -0.1) is 0 Å². The van der Waals surface area contributed by atoms with Crippen molar-refractivity contribution in [2.45, 2.75) is 59.5 Å². The molecular weight excluding hydrogens is 214 g/mol. The highest BCUT2D eigenvalue weighted by Crippen LogP contribution is 2.07. The lowest BCUT2D eigenvalue weighted by atomic mass is 10.1. The number of aromatic nitrogens is 2. The molecule has 0 aliphatic carbocycles. The molecule has 4 nitrogen and oxygen atoms in total. The molecule has 1 aromatic rings. The van der Waals surface area contributed by atoms with Crippen LogP contribution in [-0.4, -0.2) is 21.2 Å². The summed E-state index contributed by atoms with van der Waals surface area (Å²) < 4.78 is 1.81. The van der Waals surface area contributed by atoms with Crippen LogP contribution in [0.15, 0.2) is 6.07 Å². The van der Waals surface area contributed by atoms with Crippen molar-refractivity contribution in [3.63, 3.8) is 0 Å². The number of hydrogen-bond acceptors (Lipinski definition) is 2. The van der Waals surface area contributed by atoms with E-state index in [1.807, 2.05) is 20.8 Å². The molecule has 1 amide bonds. The molecule has 0 unspecified atom stereocenters. The largest absolute Gasteiger partial charge is 0.350 e. The van der Waals surface area contributed by atoms with Gasteiger partial charge in [-0.05, 0) is 39.7 Å². The van der Waals surface area contributed by atoms with Crippen LogP contribution in [0.5, 0.6) is 0 Å². The van der Waals surface area contributed by atoms with E-state index < -0.39 is 0 Å². The fourth-order valence-electron chi connectivity index (χ4n) is 1.70. The lowest BCUT2D eigenvalue weighted by Gasteiger charge is -2.20. The van der Waals surface area contributed by atoms with Crippen molar-refractivity contribution in [2.24, 2.45) is 0 Å². The summed E-state index contributed by atoms with van der Waals surface area (Å²) in [6, 6.07) is 2.07. The molecule has 0 fully saturated rings. The van der Waals surface area contributed by atoms with Gasteiger partial charge < -0.3 is 5.32 Å². The molecule has 0 radical (unpaired) electrons. The molecule has 4 heteroatoms. The molecule has 0 saturated heterocycles. The standard InChI is InChI=1S/C13H23N3O/c1-6-10-8-11(7-2)16(15-10)9-12(17)14-13(3,4)5/h8H,6-7,9H2,1-5H3,(H,14,17). The van der Waals surface area contributed by atoms with E-state index in [9.17, 15) is 4.79 Å². The molecule has 17 heavy (non-hydrogen) atoms. The lowest BCUT2D eigenvalue weighted by Crippen LogP contribution is -2.42. The average molecular weight is 237 g/mol. The van der Waals surface area contributed by atoms with E-state index in [0.29, 0.717) is 6.54 Å². The van der Waals surface area contributed by atoms with Crippen LogP contribution in [0.2, 0.25) is 0 Å². The second-order valence-corrected chi connectivity index (χ2v) is 5.29. The predicted molar refractivity (Wildman–Crippen MR) is 68.9 cm³/mol. The maximum absolute atomic E-state index is 11.8. The molecule has 1 heterocycles. The smallest absolute Gasteiger partial charge is 0.242 e. The minimum absolute atomic E-state index is 0.0120. The van der Waals surface area contributed by atoms with Crippen molar-refractivity contribution in [1.29, 1.82) is 0 Å². The molecule has 0 atom stereocenters. The molecule has 96 valence electrons. The highest BCUT2D eigenvalue weighted by atomic mass is 16.2. The van der Waals surface area contributed by atoms with Gasteiger partial charge in [0.05, 0.1) is 5.69 Å². The van der Waals surface area contributed by atoms with Gasteiger partial charge in [0.15, 0.2) is 0 Å². The lowest BCUT2D eigenvalue weighted by molar-refractivity contribution is -0.123. The summed E-state index contributed by atoms with van der Waals surface area (Å²) in [5.41, 5.74) is 1.97. The summed E-state index contributed by atoms with van der Waals surface area (Å²) in [5.74, 6) is 0.0120. The number of amides is 1. The second-order valence-electron chi connectivity index (χ2n) is 5.29. The molecule has 0 aliphatic rings. The average Bonchev–Trinajstić information content (AvgIpc) is 2.57. The number of carbonyl (C=O) groups is 1. The monoisotopic (exact) mass is 237 g/mol. The van der Waals surface area contributed by atoms with Crippen LogP contribution in [0.3, 0.4) is 0 Å². The highest BCUT2D eigenvalue weighted by Gasteiger charge is 2.15. The van der Waals surface area contributed by atoms with Crippen molar-refractivity contribution < 1.29 is 4.79 Å². The zero-order valence-electron chi connectivity index (χ0n) is 11.5. The Hall–Kier alpha value is -1.32. The van der Waals surface area contributed by atoms with Crippen molar-refractivity contribution in [3.8, 4) is 0 Å². The minimum atomic E-state index is -0.190. The first-order chi connectivity index (χ1) is 7.85. The van der Waals surface area contributed by atoms with E-state index in [2.05, 4.69) is 30.3 Å². The zero-order chi connectivity index (χ0) is 13.1. The summed E-state index contributed by atoms with van der Waals surface area (Å²) in [5, 5.41) is 7.37. The number of nitrogens with zero attached hydrogens (tertiary/aromatic N) is 2. The molecule has 0 aromatic carbocycles. The fourth-order valence-corrected chi connectivity index (χ4v) is 1.70. The first kappa shape index (κ1) is 13.7. The summed E-state index contributed by atoms with van der Waals surface area (Å²) in [7, 11) is 0. The van der Waals surface area contributed by atoms with Gasteiger partial charge in [0.2, 0.25) is 5.91 Å². The van der Waals surface area contributed by atoms with E-state index in [4.69, 9.17) is 0 Å². The Balaban J connectivity index is 2.73. The van der Waals surface area contributed by atoms with Gasteiger partial charge in [-0.25, -0.2) is 0 Å². The Morgan fingerprint density at radius 2 is 2.00 bits per heavy atom. The molecule has 1 aromatic heterocycles. The molecular formula is C13H23N3O. The maximum atomic E-state index is 11.8. The predicted octanol–water partition coefficient (Wildman–Crippen LogP) is 1.92. The van der Waals surface area contributed by atoms with Crippen LogP contribution in [0.1, 0.15) is 46.0 Å². The number of rotatable bonds is 4. The highest BCUT2D eigenvalue weighted by molar-refractivity contribution is 5.76. The van der Waals surface area contributed by atoms with Gasteiger partial charge in [0.1, 0.15) is 6.54 Å². The summed E-state index contributed by atoms with van der Waals surface area (Å²) in [6.07, 6.45) is 1.80. The van der Waals surface area contributed by atoms with Crippen molar-refractivity contribution in [1.82, 2.24) is 15.1 Å². The van der Waals surface area contributed by atoms with Gasteiger partial charge in [0.25, 0.3) is 0 Å². The molecule has 1 N–H and O–H groups in total. The third-order valence-electron chi connectivity index (χ3n) is 2.45. The van der Waals surface area contributed by atoms with E-state index in [0.717, 1.165) is 24.2 Å². The SMILES string of the molecule is CCc1cc(CC)n(CC(=O)NC(C)(C)C)n1. The Morgan fingerprint density at radius 1 is 1.35 bits per heavy atom. The number of carbonyl (C=O) groups excluding carboxylic acids is 1. The quantitative estimate of drug-likeness (QED) is 0.869. The first-order valence-electron chi connectivity index (χ1n) is 6.22. The van der Waals surface area contributed by atoms with Crippen LogP contribution in [0.25, 0.3) is 0 Å². The maximum Gasteiger partial charge on any atom is 0.242 e. The fraction of sp³-hybridized carbons (Fsp3) is 0.692. The van der Waals surface area contributed by atoms with Gasteiger partial charge in [0, 0.05) is 11.2 Å². The molecule has 0 bridgehead atoms. The molecule has 0 saturated carbocycles. The van der Waals surface area contributed by atoms with Crippen LogP contribution < -0.4 is 5.32 Å². The van der Waals surface area contributed by atoms with Gasteiger partial charge in [-0.1, -0.05) is 13.8 Å². The Morgan fingerprint density at radius 3 is 2.47 bits per heavy atom. The van der Waals surface area contributed by atoms with Crippen LogP contribution in [0.4, 0.5) is 0 Å². The minimum Gasteiger partial charge on any atom is -0.350 e. The van der Waals surface area contributed by atoms with Gasteiger partial charge in [-0.3, -0.25) is 9.48 Å². The third-order valence-corrected chi connectivity index (χ3v) is 2.45. The summed E-state index contributed by atoms with van der Waals surface area (Å²) in [6.45, 7) is 10.4. The van der Waals surface area contributed by atoms with E-state index in [1.165, 1.54) is 0 Å². The van der Waals surface area contributed by atoms with Gasteiger partial charge in [-0.2, -0.15) is 5.10 Å². The number of nitrogens with one attached hydrogen (secondary N) is 1. The molecule has 1 rings (SSSR count). The van der Waals surface area contributed by atoms with Crippen LogP contribution in [0, 0.1) is 0 Å². The van der Waals surface area contributed by atoms with Crippen molar-refractivity contribution in [2.75, 3.05) is 0 Å². The Labute approximate surface area is 103 Å². The summed E-state index contributed by atoms with van der Waals surface area (Å²) in [4.78, 5) is 11.8. The van der Waals surface area contributed by atoms with Crippen molar-refractivity contribution >= 4 is 5.91 Å². The first-order valence-corrected chi connectivity index (χ1v) is 6.22. The van der Waals surface area contributed by atoms with Gasteiger partial charge >= 0.3 is 0 Å².